The zero-order valence-electron chi connectivity index (χ0n) is 13.6. The molecule has 0 saturated carbocycles. The van der Waals surface area contributed by atoms with Gasteiger partial charge in [-0.05, 0) is 37.1 Å². The van der Waals surface area contributed by atoms with Crippen molar-refractivity contribution in [2.45, 2.75) is 39.5 Å². The summed E-state index contributed by atoms with van der Waals surface area (Å²) in [5, 5.41) is 1.92. The van der Waals surface area contributed by atoms with Gasteiger partial charge in [-0.25, -0.2) is 0 Å². The van der Waals surface area contributed by atoms with E-state index in [1.54, 1.807) is 0 Å². The van der Waals surface area contributed by atoms with Crippen molar-refractivity contribution < 1.29 is 9.59 Å². The Morgan fingerprint density at radius 2 is 2.05 bits per heavy atom. The van der Waals surface area contributed by atoms with Crippen molar-refractivity contribution in [1.29, 1.82) is 0 Å². The van der Waals surface area contributed by atoms with Gasteiger partial charge in [-0.3, -0.25) is 9.59 Å². The third-order valence-electron chi connectivity index (χ3n) is 4.09. The highest BCUT2D eigenvalue weighted by Crippen LogP contribution is 2.22. The maximum atomic E-state index is 12.7. The summed E-state index contributed by atoms with van der Waals surface area (Å²) in [6.07, 6.45) is 3.78. The molecule has 1 atom stereocenters. The summed E-state index contributed by atoms with van der Waals surface area (Å²) in [5.74, 6) is 0.271. The molecular weight excluding hydrogens is 296 g/mol. The minimum atomic E-state index is -0.0317. The van der Waals surface area contributed by atoms with Crippen LogP contribution in [0.1, 0.15) is 49.2 Å². The molecule has 1 fully saturated rings. The fourth-order valence-corrected chi connectivity index (χ4v) is 3.74. The zero-order valence-corrected chi connectivity index (χ0v) is 14.4. The Morgan fingerprint density at radius 1 is 1.32 bits per heavy atom. The van der Waals surface area contributed by atoms with Crippen LogP contribution in [0.2, 0.25) is 0 Å². The minimum Gasteiger partial charge on any atom is -0.342 e. The van der Waals surface area contributed by atoms with Crippen LogP contribution >= 0.6 is 11.3 Å². The lowest BCUT2D eigenvalue weighted by molar-refractivity contribution is -0.137. The molecule has 0 radical (unpaired) electrons. The number of piperidine rings is 1. The summed E-state index contributed by atoms with van der Waals surface area (Å²) >= 11 is 1.47. The summed E-state index contributed by atoms with van der Waals surface area (Å²) in [6, 6.07) is 3.76. The number of hydrogen-bond donors (Lipinski definition) is 0. The molecule has 1 aliphatic rings. The molecule has 4 nitrogen and oxygen atoms in total. The standard InChI is InChI=1S/C17H26N2O2S/c1-3-9-18(10-4-2)16(20)14-7-5-11-19(13-14)17(21)15-8-6-12-22-15/h6,8,12,14H,3-5,7,9-11,13H2,1-2H3. The average Bonchev–Trinajstić information content (AvgIpc) is 3.08. The summed E-state index contributed by atoms with van der Waals surface area (Å²) in [4.78, 5) is 29.8. The van der Waals surface area contributed by atoms with E-state index in [1.807, 2.05) is 27.3 Å². The Bertz CT molecular complexity index is 481. The normalized spacial score (nSPS) is 18.3. The van der Waals surface area contributed by atoms with E-state index in [1.165, 1.54) is 11.3 Å². The molecule has 0 spiro atoms. The van der Waals surface area contributed by atoms with Gasteiger partial charge in [0.05, 0.1) is 10.8 Å². The SMILES string of the molecule is CCCN(CCC)C(=O)C1CCCN(C(=O)c2cccs2)C1. The van der Waals surface area contributed by atoms with E-state index >= 15 is 0 Å². The van der Waals surface area contributed by atoms with E-state index in [9.17, 15) is 9.59 Å². The van der Waals surface area contributed by atoms with Crippen molar-refractivity contribution in [2.75, 3.05) is 26.2 Å². The first kappa shape index (κ1) is 17.0. The van der Waals surface area contributed by atoms with Gasteiger partial charge in [0.15, 0.2) is 0 Å². The Kier molecular flexibility index (Phi) is 6.43. The van der Waals surface area contributed by atoms with Gasteiger partial charge in [0.25, 0.3) is 5.91 Å². The maximum Gasteiger partial charge on any atom is 0.263 e. The van der Waals surface area contributed by atoms with Crippen molar-refractivity contribution in [2.24, 2.45) is 5.92 Å². The number of likely N-dealkylation sites (tertiary alicyclic amines) is 1. The number of amides is 2. The monoisotopic (exact) mass is 322 g/mol. The zero-order chi connectivity index (χ0) is 15.9. The molecule has 0 aliphatic carbocycles. The van der Waals surface area contributed by atoms with Crippen LogP contribution in [-0.4, -0.2) is 47.8 Å². The summed E-state index contributed by atoms with van der Waals surface area (Å²) in [6.45, 7) is 7.18. The van der Waals surface area contributed by atoms with E-state index in [2.05, 4.69) is 13.8 Å². The van der Waals surface area contributed by atoms with Gasteiger partial charge in [0.2, 0.25) is 5.91 Å². The van der Waals surface area contributed by atoms with E-state index in [0.29, 0.717) is 6.54 Å². The van der Waals surface area contributed by atoms with E-state index in [0.717, 1.165) is 50.2 Å². The fraction of sp³-hybridized carbons (Fsp3) is 0.647. The molecule has 2 rings (SSSR count). The maximum absolute atomic E-state index is 12.7. The molecular formula is C17H26N2O2S. The average molecular weight is 322 g/mol. The van der Waals surface area contributed by atoms with Crippen LogP contribution in [0.25, 0.3) is 0 Å². The first-order chi connectivity index (χ1) is 10.7. The van der Waals surface area contributed by atoms with Gasteiger partial charge in [0, 0.05) is 26.2 Å². The van der Waals surface area contributed by atoms with E-state index in [4.69, 9.17) is 0 Å². The predicted octanol–water partition coefficient (Wildman–Crippen LogP) is 3.25. The van der Waals surface area contributed by atoms with Crippen LogP contribution in [0.5, 0.6) is 0 Å². The molecule has 1 aliphatic heterocycles. The number of carbonyl (C=O) groups excluding carboxylic acids is 2. The van der Waals surface area contributed by atoms with Gasteiger partial charge in [-0.1, -0.05) is 19.9 Å². The predicted molar refractivity (Wildman–Crippen MR) is 90.1 cm³/mol. The Labute approximate surface area is 137 Å². The highest BCUT2D eigenvalue weighted by Gasteiger charge is 2.31. The second-order valence-electron chi connectivity index (χ2n) is 5.89. The Morgan fingerprint density at radius 3 is 2.64 bits per heavy atom. The molecule has 0 N–H and O–H groups in total. The fourth-order valence-electron chi connectivity index (χ4n) is 3.05. The van der Waals surface area contributed by atoms with E-state index in [-0.39, 0.29) is 17.7 Å². The van der Waals surface area contributed by atoms with Crippen LogP contribution in [0, 0.1) is 5.92 Å². The van der Waals surface area contributed by atoms with Gasteiger partial charge in [-0.15, -0.1) is 11.3 Å². The molecule has 1 aromatic heterocycles. The minimum absolute atomic E-state index is 0.0317. The van der Waals surface area contributed by atoms with Crippen molar-refractivity contribution in [3.63, 3.8) is 0 Å². The first-order valence-corrected chi connectivity index (χ1v) is 9.16. The van der Waals surface area contributed by atoms with Crippen molar-refractivity contribution in [3.05, 3.63) is 22.4 Å². The lowest BCUT2D eigenvalue weighted by atomic mass is 9.96. The van der Waals surface area contributed by atoms with Gasteiger partial charge < -0.3 is 9.80 Å². The molecule has 5 heteroatoms. The highest BCUT2D eigenvalue weighted by atomic mass is 32.1. The quantitative estimate of drug-likeness (QED) is 0.806. The highest BCUT2D eigenvalue weighted by molar-refractivity contribution is 7.12. The molecule has 2 amide bonds. The topological polar surface area (TPSA) is 40.6 Å². The molecule has 22 heavy (non-hydrogen) atoms. The smallest absolute Gasteiger partial charge is 0.263 e. The van der Waals surface area contributed by atoms with Crippen molar-refractivity contribution in [3.8, 4) is 0 Å². The van der Waals surface area contributed by atoms with E-state index < -0.39 is 0 Å². The summed E-state index contributed by atoms with van der Waals surface area (Å²) in [7, 11) is 0. The Balaban J connectivity index is 2.00. The molecule has 1 saturated heterocycles. The number of rotatable bonds is 6. The number of carbonyl (C=O) groups is 2. The number of hydrogen-bond acceptors (Lipinski definition) is 3. The molecule has 1 aromatic rings. The second kappa shape index (κ2) is 8.32. The van der Waals surface area contributed by atoms with Crippen molar-refractivity contribution >= 4 is 23.2 Å². The first-order valence-electron chi connectivity index (χ1n) is 8.28. The van der Waals surface area contributed by atoms with Crippen molar-refractivity contribution in [1.82, 2.24) is 9.80 Å². The molecule has 0 aromatic carbocycles. The van der Waals surface area contributed by atoms with Gasteiger partial charge in [-0.2, -0.15) is 0 Å². The lowest BCUT2D eigenvalue weighted by Gasteiger charge is -2.34. The van der Waals surface area contributed by atoms with Gasteiger partial charge >= 0.3 is 0 Å². The van der Waals surface area contributed by atoms with Crippen LogP contribution in [0.4, 0.5) is 0 Å². The molecule has 122 valence electrons. The van der Waals surface area contributed by atoms with Gasteiger partial charge in [0.1, 0.15) is 0 Å². The molecule has 0 bridgehead atoms. The molecule has 1 unspecified atom stereocenters. The Hall–Kier alpha value is -1.36. The third kappa shape index (κ3) is 4.09. The molecule has 2 heterocycles. The third-order valence-corrected chi connectivity index (χ3v) is 4.95. The van der Waals surface area contributed by atoms with Crippen LogP contribution in [-0.2, 0) is 4.79 Å². The number of thiophene rings is 1. The second-order valence-corrected chi connectivity index (χ2v) is 6.84. The largest absolute Gasteiger partial charge is 0.342 e. The number of nitrogens with zero attached hydrogens (tertiary/aromatic N) is 2. The lowest BCUT2D eigenvalue weighted by Crippen LogP contribution is -2.47. The summed E-state index contributed by atoms with van der Waals surface area (Å²) in [5.41, 5.74) is 0. The van der Waals surface area contributed by atoms with Crippen LogP contribution in [0.15, 0.2) is 17.5 Å². The van der Waals surface area contributed by atoms with Crippen LogP contribution in [0.3, 0.4) is 0 Å². The van der Waals surface area contributed by atoms with Crippen LogP contribution < -0.4 is 0 Å². The summed E-state index contributed by atoms with van der Waals surface area (Å²) < 4.78 is 0.